The summed E-state index contributed by atoms with van der Waals surface area (Å²) in [6.07, 6.45) is 0.0944. The molecule has 1 fully saturated rings. The predicted molar refractivity (Wildman–Crippen MR) is 147 cm³/mol. The Morgan fingerprint density at radius 1 is 1.18 bits per heavy atom. The van der Waals surface area contributed by atoms with E-state index in [1.807, 2.05) is 50.5 Å². The Balaban J connectivity index is 1.28. The van der Waals surface area contributed by atoms with Gasteiger partial charge in [-0.05, 0) is 42.5 Å². The molecule has 2 amide bonds. The molecule has 2 aliphatic heterocycles. The standard InChI is InChI=1S/C30H32FN3O4S/c1-17(2)27(34-15-23-22(29(34)37)5-4-6-24(23)31)30(38)33-14-21(35)13-25(33)26(36)12-9-19-7-10-20(11-8-19)28-18(3)32-16-39-28/h4-8,10-11,16-17,21,25,27,35H,9,12-15H2,1-3H3/t21-,25+,27+/m1/s1. The van der Waals surface area contributed by atoms with Crippen LogP contribution in [0.2, 0.25) is 0 Å². The maximum Gasteiger partial charge on any atom is 0.255 e. The minimum absolute atomic E-state index is 0.00148. The summed E-state index contributed by atoms with van der Waals surface area (Å²) in [6, 6.07) is 10.8. The van der Waals surface area contributed by atoms with Gasteiger partial charge in [-0.3, -0.25) is 14.4 Å². The van der Waals surface area contributed by atoms with Gasteiger partial charge >= 0.3 is 0 Å². The predicted octanol–water partition coefficient (Wildman–Crippen LogP) is 4.40. The molecule has 7 nitrogen and oxygen atoms in total. The first-order valence-corrected chi connectivity index (χ1v) is 14.1. The van der Waals surface area contributed by atoms with E-state index in [0.717, 1.165) is 21.7 Å². The fourth-order valence-electron chi connectivity index (χ4n) is 5.69. The highest BCUT2D eigenvalue weighted by Gasteiger charge is 2.46. The summed E-state index contributed by atoms with van der Waals surface area (Å²) in [7, 11) is 0. The molecule has 0 bridgehead atoms. The Morgan fingerprint density at radius 2 is 1.92 bits per heavy atom. The number of fused-ring (bicyclic) bond motifs is 1. The summed E-state index contributed by atoms with van der Waals surface area (Å²) < 4.78 is 14.4. The van der Waals surface area contributed by atoms with E-state index in [1.54, 1.807) is 17.4 Å². The molecule has 1 aromatic heterocycles. The van der Waals surface area contributed by atoms with Crippen molar-refractivity contribution in [2.75, 3.05) is 6.54 Å². The first-order valence-electron chi connectivity index (χ1n) is 13.2. The number of nitrogens with zero attached hydrogens (tertiary/aromatic N) is 3. The Bertz CT molecular complexity index is 1400. The summed E-state index contributed by atoms with van der Waals surface area (Å²) in [5.41, 5.74) is 5.44. The van der Waals surface area contributed by atoms with Crippen LogP contribution in [0.3, 0.4) is 0 Å². The van der Waals surface area contributed by atoms with Crippen LogP contribution in [0.25, 0.3) is 10.4 Å². The van der Waals surface area contributed by atoms with Gasteiger partial charge in [-0.1, -0.05) is 44.2 Å². The molecule has 1 N–H and O–H groups in total. The first kappa shape index (κ1) is 27.1. The number of thiazole rings is 1. The number of ketones is 1. The molecule has 5 rings (SSSR count). The monoisotopic (exact) mass is 549 g/mol. The van der Waals surface area contributed by atoms with E-state index in [1.165, 1.54) is 21.9 Å². The van der Waals surface area contributed by atoms with Crippen LogP contribution in [0.15, 0.2) is 48.0 Å². The van der Waals surface area contributed by atoms with Gasteiger partial charge in [0.15, 0.2) is 5.78 Å². The summed E-state index contributed by atoms with van der Waals surface area (Å²) in [5.74, 6) is -1.64. The lowest BCUT2D eigenvalue weighted by molar-refractivity contribution is -0.142. The number of β-amino-alcohol motifs (C(OH)–C–C–N with tert-alkyl or cyclic N) is 1. The molecule has 9 heteroatoms. The number of likely N-dealkylation sites (tertiary alicyclic amines) is 1. The second-order valence-corrected chi connectivity index (χ2v) is 11.6. The average Bonchev–Trinajstić information content (AvgIpc) is 3.61. The van der Waals surface area contributed by atoms with E-state index in [4.69, 9.17) is 0 Å². The molecule has 2 aromatic carbocycles. The lowest BCUT2D eigenvalue weighted by Gasteiger charge is -2.35. The van der Waals surface area contributed by atoms with Crippen molar-refractivity contribution >= 4 is 28.9 Å². The number of carbonyl (C=O) groups excluding carboxylic acids is 3. The molecular formula is C30H32FN3O4S. The molecule has 2 aliphatic rings. The number of amides is 2. The molecular weight excluding hydrogens is 517 g/mol. The maximum absolute atomic E-state index is 14.4. The van der Waals surface area contributed by atoms with Crippen LogP contribution < -0.4 is 0 Å². The van der Waals surface area contributed by atoms with Gasteiger partial charge in [-0.2, -0.15) is 0 Å². The van der Waals surface area contributed by atoms with Crippen LogP contribution in [0, 0.1) is 18.7 Å². The molecule has 0 unspecified atom stereocenters. The molecule has 1 saturated heterocycles. The van der Waals surface area contributed by atoms with Crippen LogP contribution >= 0.6 is 11.3 Å². The Morgan fingerprint density at radius 3 is 2.56 bits per heavy atom. The summed E-state index contributed by atoms with van der Waals surface area (Å²) in [4.78, 5) is 48.6. The fraction of sp³-hybridized carbons (Fsp3) is 0.400. The molecule has 39 heavy (non-hydrogen) atoms. The number of Topliss-reactive ketones (excluding diaryl/α,β-unsaturated/α-hetero) is 1. The van der Waals surface area contributed by atoms with Gasteiger partial charge in [-0.25, -0.2) is 9.37 Å². The van der Waals surface area contributed by atoms with Crippen molar-refractivity contribution in [2.24, 2.45) is 5.92 Å². The highest BCUT2D eigenvalue weighted by molar-refractivity contribution is 7.13. The van der Waals surface area contributed by atoms with Crippen LogP contribution in [-0.2, 0) is 22.6 Å². The normalized spacial score (nSPS) is 19.6. The summed E-state index contributed by atoms with van der Waals surface area (Å²) in [5, 5.41) is 10.4. The number of hydrogen-bond donors (Lipinski definition) is 1. The largest absolute Gasteiger partial charge is 0.391 e. The minimum Gasteiger partial charge on any atom is -0.391 e. The number of aliphatic hydroxyl groups excluding tert-OH is 1. The maximum atomic E-state index is 14.4. The van der Waals surface area contributed by atoms with Gasteiger partial charge < -0.3 is 14.9 Å². The van der Waals surface area contributed by atoms with Gasteiger partial charge in [0.25, 0.3) is 5.91 Å². The van der Waals surface area contributed by atoms with E-state index in [-0.39, 0.29) is 54.7 Å². The Hall–Kier alpha value is -3.43. The topological polar surface area (TPSA) is 90.8 Å². The van der Waals surface area contributed by atoms with Gasteiger partial charge in [0, 0.05) is 30.5 Å². The zero-order valence-electron chi connectivity index (χ0n) is 22.3. The number of aromatic nitrogens is 1. The van der Waals surface area contributed by atoms with E-state index in [2.05, 4.69) is 4.98 Å². The van der Waals surface area contributed by atoms with Gasteiger partial charge in [0.05, 0.1) is 34.8 Å². The third-order valence-corrected chi connectivity index (χ3v) is 8.69. The second kappa shape index (κ2) is 11.0. The van der Waals surface area contributed by atoms with E-state index < -0.39 is 29.9 Å². The van der Waals surface area contributed by atoms with Crippen molar-refractivity contribution < 1.29 is 23.9 Å². The number of rotatable bonds is 8. The number of halogens is 1. The van der Waals surface area contributed by atoms with E-state index in [9.17, 15) is 23.9 Å². The third-order valence-electron chi connectivity index (χ3n) is 7.71. The second-order valence-electron chi connectivity index (χ2n) is 10.7. The zero-order valence-corrected chi connectivity index (χ0v) is 23.1. The molecule has 3 aromatic rings. The number of hydrogen-bond acceptors (Lipinski definition) is 6. The van der Waals surface area contributed by atoms with Crippen LogP contribution in [0.5, 0.6) is 0 Å². The third kappa shape index (κ3) is 5.25. The van der Waals surface area contributed by atoms with Crippen LogP contribution in [0.1, 0.15) is 53.9 Å². The number of aryl methyl sites for hydroxylation is 2. The quantitative estimate of drug-likeness (QED) is 0.450. The van der Waals surface area contributed by atoms with Crippen molar-refractivity contribution in [3.63, 3.8) is 0 Å². The van der Waals surface area contributed by atoms with Crippen molar-refractivity contribution in [3.8, 4) is 10.4 Å². The zero-order chi connectivity index (χ0) is 27.8. The smallest absolute Gasteiger partial charge is 0.255 e. The molecule has 204 valence electrons. The van der Waals surface area contributed by atoms with Crippen molar-refractivity contribution in [3.05, 3.63) is 76.2 Å². The Labute approximate surface area is 231 Å². The SMILES string of the molecule is Cc1ncsc1-c1ccc(CCC(=O)[C@@H]2C[C@@H](O)CN2C(=O)[C@H](C(C)C)N2Cc3c(F)cccc3C2=O)cc1. The summed E-state index contributed by atoms with van der Waals surface area (Å²) >= 11 is 1.59. The fourth-order valence-corrected chi connectivity index (χ4v) is 6.50. The molecule has 3 atom stereocenters. The minimum atomic E-state index is -0.868. The van der Waals surface area contributed by atoms with Crippen LogP contribution in [-0.4, -0.2) is 62.2 Å². The summed E-state index contributed by atoms with van der Waals surface area (Å²) in [6.45, 7) is 5.67. The van der Waals surface area contributed by atoms with Crippen molar-refractivity contribution in [2.45, 2.75) is 64.8 Å². The van der Waals surface area contributed by atoms with E-state index >= 15 is 0 Å². The average molecular weight is 550 g/mol. The number of benzene rings is 2. The van der Waals surface area contributed by atoms with Gasteiger partial charge in [-0.15, -0.1) is 11.3 Å². The lowest BCUT2D eigenvalue weighted by atomic mass is 9.98. The van der Waals surface area contributed by atoms with Crippen molar-refractivity contribution in [1.82, 2.24) is 14.8 Å². The lowest BCUT2D eigenvalue weighted by Crippen LogP contribution is -2.54. The molecule has 0 aliphatic carbocycles. The molecule has 0 spiro atoms. The molecule has 3 heterocycles. The molecule has 0 radical (unpaired) electrons. The highest BCUT2D eigenvalue weighted by atomic mass is 32.1. The van der Waals surface area contributed by atoms with Crippen molar-refractivity contribution in [1.29, 1.82) is 0 Å². The first-order chi connectivity index (χ1) is 18.7. The van der Waals surface area contributed by atoms with Gasteiger partial charge in [0.1, 0.15) is 11.9 Å². The van der Waals surface area contributed by atoms with Gasteiger partial charge in [0.2, 0.25) is 5.91 Å². The molecule has 0 saturated carbocycles. The Kier molecular flexibility index (Phi) is 7.64. The highest BCUT2D eigenvalue weighted by Crippen LogP contribution is 2.32. The van der Waals surface area contributed by atoms with Crippen LogP contribution in [0.4, 0.5) is 4.39 Å². The van der Waals surface area contributed by atoms with E-state index in [0.29, 0.717) is 6.42 Å². The number of carbonyl (C=O) groups is 3. The number of aliphatic hydroxyl groups is 1.